The van der Waals surface area contributed by atoms with E-state index in [9.17, 15) is 39.9 Å². The van der Waals surface area contributed by atoms with Crippen molar-refractivity contribution in [2.75, 3.05) is 54.4 Å². The quantitative estimate of drug-likeness (QED) is 0.0662. The summed E-state index contributed by atoms with van der Waals surface area (Å²) in [7, 11) is 3.95. The van der Waals surface area contributed by atoms with Crippen molar-refractivity contribution in [1.29, 1.82) is 0 Å². The summed E-state index contributed by atoms with van der Waals surface area (Å²) in [5.74, 6) is -2.61. The number of ether oxygens (including phenoxy) is 8. The maximum atomic E-state index is 12.8. The Balaban J connectivity index is 1.99. The highest BCUT2D eigenvalue weighted by molar-refractivity contribution is 5.77. The minimum Gasteiger partial charge on any atom is -0.479 e. The van der Waals surface area contributed by atoms with Gasteiger partial charge in [0.2, 0.25) is 5.91 Å². The van der Waals surface area contributed by atoms with Gasteiger partial charge < -0.3 is 68.7 Å². The number of carbonyl (C=O) groups is 3. The van der Waals surface area contributed by atoms with Crippen LogP contribution in [0.1, 0.15) is 25.7 Å². The van der Waals surface area contributed by atoms with Gasteiger partial charge >= 0.3 is 11.9 Å². The number of esters is 1. The standard InChI is InChI=1S/C25H43NO16/c1-35-8-5-9-38-10-11-39-15(29)7-4-6-14(28)26-16-20(17(30)13(12-27)40-24(16)37-3)41-25-19(32)18(31)21(36-2)22(42-25)23(33)34/h13,16-22,24-25,27,30-32H,4-12H2,1-3H3,(H,26,28)(H,33,34)/t13?,16?,17-,18-,19?,20-,21+,22?,24-,25-/m1/s1. The molecule has 0 aliphatic carbocycles. The van der Waals surface area contributed by atoms with Crippen LogP contribution in [0.15, 0.2) is 0 Å². The van der Waals surface area contributed by atoms with Gasteiger partial charge in [-0.25, -0.2) is 4.79 Å². The van der Waals surface area contributed by atoms with E-state index < -0.39 is 85.8 Å². The number of hydrogen-bond donors (Lipinski definition) is 6. The first-order chi connectivity index (χ1) is 20.1. The van der Waals surface area contributed by atoms with E-state index in [0.717, 1.165) is 7.11 Å². The van der Waals surface area contributed by atoms with Gasteiger partial charge in [0.05, 0.1) is 13.2 Å². The van der Waals surface area contributed by atoms with Gasteiger partial charge in [0, 0.05) is 47.4 Å². The minimum atomic E-state index is -1.81. The third-order valence-electron chi connectivity index (χ3n) is 6.68. The minimum absolute atomic E-state index is 0.0572. The van der Waals surface area contributed by atoms with Crippen LogP contribution in [0.3, 0.4) is 0 Å². The lowest BCUT2D eigenvalue weighted by molar-refractivity contribution is -0.340. The molecule has 10 atom stereocenters. The highest BCUT2D eigenvalue weighted by atomic mass is 16.7. The number of amides is 1. The third-order valence-corrected chi connectivity index (χ3v) is 6.68. The first kappa shape index (κ1) is 36.2. The summed E-state index contributed by atoms with van der Waals surface area (Å²) < 4.78 is 42.1. The molecule has 2 aliphatic rings. The van der Waals surface area contributed by atoms with Crippen molar-refractivity contribution in [2.24, 2.45) is 0 Å². The summed E-state index contributed by atoms with van der Waals surface area (Å²) in [4.78, 5) is 36.4. The molecule has 17 nitrogen and oxygen atoms in total. The van der Waals surface area contributed by atoms with Gasteiger partial charge in [-0.1, -0.05) is 0 Å². The average Bonchev–Trinajstić information content (AvgIpc) is 2.96. The largest absolute Gasteiger partial charge is 0.479 e. The molecule has 0 radical (unpaired) electrons. The summed E-state index contributed by atoms with van der Waals surface area (Å²) in [6.45, 7) is 0.644. The van der Waals surface area contributed by atoms with Crippen LogP contribution in [-0.2, 0) is 52.3 Å². The van der Waals surface area contributed by atoms with Crippen molar-refractivity contribution in [3.63, 3.8) is 0 Å². The van der Waals surface area contributed by atoms with E-state index in [0.29, 0.717) is 19.6 Å². The highest BCUT2D eigenvalue weighted by Gasteiger charge is 2.53. The number of carboxylic acids is 1. The van der Waals surface area contributed by atoms with Crippen molar-refractivity contribution in [1.82, 2.24) is 5.32 Å². The smallest absolute Gasteiger partial charge is 0.335 e. The van der Waals surface area contributed by atoms with Crippen LogP contribution in [0, 0.1) is 0 Å². The number of rotatable bonds is 18. The summed E-state index contributed by atoms with van der Waals surface area (Å²) in [5, 5.41) is 53.6. The number of aliphatic carboxylic acids is 1. The fraction of sp³-hybridized carbons (Fsp3) is 0.880. The van der Waals surface area contributed by atoms with E-state index in [1.54, 1.807) is 7.11 Å². The number of carbonyl (C=O) groups excluding carboxylic acids is 2. The summed E-state index contributed by atoms with van der Waals surface area (Å²) in [5.41, 5.74) is 0. The number of aliphatic hydroxyl groups is 4. The average molecular weight is 614 g/mol. The fourth-order valence-corrected chi connectivity index (χ4v) is 4.50. The van der Waals surface area contributed by atoms with Gasteiger partial charge in [0.15, 0.2) is 18.7 Å². The topological polar surface area (TPSA) is 238 Å². The number of hydrogen-bond acceptors (Lipinski definition) is 15. The number of aliphatic hydroxyl groups excluding tert-OH is 4. The molecule has 4 unspecified atom stereocenters. The second-order valence-corrected chi connectivity index (χ2v) is 9.62. The molecule has 6 N–H and O–H groups in total. The molecule has 0 aromatic rings. The van der Waals surface area contributed by atoms with Gasteiger partial charge in [0.25, 0.3) is 0 Å². The first-order valence-corrected chi connectivity index (χ1v) is 13.5. The Morgan fingerprint density at radius 2 is 1.55 bits per heavy atom. The predicted octanol–water partition coefficient (Wildman–Crippen LogP) is -3.11. The SMILES string of the molecule is COCCCOCCOC(=O)CCCC(=O)NC1[C@H](OC)OC(CO)[C@@H](O)[C@@H]1O[C@@H]1OC(C(=O)O)[C@@H](OC)[C@H](O)C1O. The highest BCUT2D eigenvalue weighted by Crippen LogP contribution is 2.30. The lowest BCUT2D eigenvalue weighted by atomic mass is 9.95. The fourth-order valence-electron chi connectivity index (χ4n) is 4.50. The van der Waals surface area contributed by atoms with Crippen LogP contribution in [-0.4, -0.2) is 159 Å². The Hall–Kier alpha value is -2.03. The molecule has 0 aromatic heterocycles. The van der Waals surface area contributed by atoms with E-state index >= 15 is 0 Å². The van der Waals surface area contributed by atoms with Gasteiger partial charge in [-0.3, -0.25) is 9.59 Å². The Morgan fingerprint density at radius 3 is 2.17 bits per heavy atom. The second kappa shape index (κ2) is 18.6. The number of methoxy groups -OCH3 is 3. The van der Waals surface area contributed by atoms with Gasteiger partial charge in [-0.2, -0.15) is 0 Å². The monoisotopic (exact) mass is 613 g/mol. The van der Waals surface area contributed by atoms with Crippen LogP contribution in [0.5, 0.6) is 0 Å². The molecule has 0 bridgehead atoms. The maximum Gasteiger partial charge on any atom is 0.335 e. The van der Waals surface area contributed by atoms with Crippen LogP contribution < -0.4 is 5.32 Å². The number of carboxylic acid groups (broad SMARTS) is 1. The van der Waals surface area contributed by atoms with Gasteiger partial charge in [-0.15, -0.1) is 0 Å². The van der Waals surface area contributed by atoms with E-state index in [2.05, 4.69) is 5.32 Å². The molecule has 2 aliphatic heterocycles. The van der Waals surface area contributed by atoms with E-state index in [1.165, 1.54) is 7.11 Å². The lowest BCUT2D eigenvalue weighted by Crippen LogP contribution is -2.68. The van der Waals surface area contributed by atoms with Crippen LogP contribution in [0.25, 0.3) is 0 Å². The zero-order valence-electron chi connectivity index (χ0n) is 23.9. The Kier molecular flexibility index (Phi) is 16.0. The third kappa shape index (κ3) is 10.3. The molecule has 244 valence electrons. The summed E-state index contributed by atoms with van der Waals surface area (Å²) >= 11 is 0. The van der Waals surface area contributed by atoms with Crippen molar-refractivity contribution < 1.29 is 77.8 Å². The Labute approximate surface area is 242 Å². The van der Waals surface area contributed by atoms with Crippen molar-refractivity contribution >= 4 is 17.8 Å². The normalized spacial score (nSPS) is 33.2. The van der Waals surface area contributed by atoms with Crippen LogP contribution >= 0.6 is 0 Å². The molecular weight excluding hydrogens is 570 g/mol. The van der Waals surface area contributed by atoms with Crippen LogP contribution in [0.4, 0.5) is 0 Å². The van der Waals surface area contributed by atoms with Crippen molar-refractivity contribution in [3.8, 4) is 0 Å². The molecular formula is C25H43NO16. The molecule has 0 spiro atoms. The molecule has 42 heavy (non-hydrogen) atoms. The van der Waals surface area contributed by atoms with Gasteiger partial charge in [0.1, 0.15) is 49.3 Å². The summed E-state index contributed by atoms with van der Waals surface area (Å²) in [6, 6.07) is -1.25. The van der Waals surface area contributed by atoms with Crippen molar-refractivity contribution in [3.05, 3.63) is 0 Å². The first-order valence-electron chi connectivity index (χ1n) is 13.5. The lowest BCUT2D eigenvalue weighted by Gasteiger charge is -2.47. The van der Waals surface area contributed by atoms with Crippen molar-refractivity contribution in [2.45, 2.75) is 87.0 Å². The van der Waals surface area contributed by atoms with E-state index in [4.69, 9.17) is 37.9 Å². The molecule has 1 amide bonds. The molecule has 0 aromatic carbocycles. The Bertz CT molecular complexity index is 832. The molecule has 2 fully saturated rings. The molecule has 2 heterocycles. The predicted molar refractivity (Wildman–Crippen MR) is 137 cm³/mol. The molecule has 0 saturated carbocycles. The maximum absolute atomic E-state index is 12.8. The number of nitrogens with one attached hydrogen (secondary N) is 1. The van der Waals surface area contributed by atoms with E-state index in [-0.39, 0.29) is 32.5 Å². The second-order valence-electron chi connectivity index (χ2n) is 9.62. The zero-order valence-corrected chi connectivity index (χ0v) is 23.9. The van der Waals surface area contributed by atoms with Crippen LogP contribution in [0.2, 0.25) is 0 Å². The molecule has 2 rings (SSSR count). The van der Waals surface area contributed by atoms with E-state index in [1.807, 2.05) is 0 Å². The summed E-state index contributed by atoms with van der Waals surface area (Å²) in [6.07, 6.45) is -13.5. The zero-order chi connectivity index (χ0) is 31.2. The van der Waals surface area contributed by atoms with Gasteiger partial charge in [-0.05, 0) is 12.8 Å². The molecule has 2 saturated heterocycles. The molecule has 17 heteroatoms. The Morgan fingerprint density at radius 1 is 0.810 bits per heavy atom.